The van der Waals surface area contributed by atoms with Crippen molar-refractivity contribution < 1.29 is 19.4 Å². The molecule has 1 fully saturated rings. The Morgan fingerprint density at radius 1 is 1.32 bits per heavy atom. The van der Waals surface area contributed by atoms with Crippen molar-refractivity contribution >= 4 is 23.6 Å². The van der Waals surface area contributed by atoms with Gasteiger partial charge in [-0.15, -0.1) is 0 Å². The van der Waals surface area contributed by atoms with E-state index >= 15 is 0 Å². The van der Waals surface area contributed by atoms with Gasteiger partial charge in [0.15, 0.2) is 0 Å². The third-order valence-electron chi connectivity index (χ3n) is 4.01. The fourth-order valence-electron chi connectivity index (χ4n) is 2.55. The second kappa shape index (κ2) is 7.57. The highest BCUT2D eigenvalue weighted by atomic mass is 32.2. The van der Waals surface area contributed by atoms with E-state index in [4.69, 9.17) is 4.74 Å². The molecule has 0 radical (unpaired) electrons. The summed E-state index contributed by atoms with van der Waals surface area (Å²) < 4.78 is 5.69. The van der Waals surface area contributed by atoms with Gasteiger partial charge < -0.3 is 15.2 Å². The number of carbonyl (C=O) groups is 2. The molecule has 1 aromatic carbocycles. The number of thioether (sulfide) groups is 1. The maximum Gasteiger partial charge on any atom is 0.330 e. The highest BCUT2D eigenvalue weighted by Crippen LogP contribution is 2.29. The van der Waals surface area contributed by atoms with Gasteiger partial charge in [0.1, 0.15) is 17.9 Å². The van der Waals surface area contributed by atoms with Crippen LogP contribution in [0.1, 0.15) is 22.3 Å². The molecule has 0 spiro atoms. The number of aliphatic carboxylic acids is 1. The molecule has 6 nitrogen and oxygen atoms in total. The number of nitrogens with zero attached hydrogens (tertiary/aromatic N) is 1. The maximum atomic E-state index is 12.5. The Morgan fingerprint density at radius 2 is 2.20 bits per heavy atom. The number of amides is 1. The van der Waals surface area contributed by atoms with Crippen molar-refractivity contribution in [2.75, 3.05) is 11.5 Å². The molecule has 2 aromatic rings. The number of carboxylic acid groups (broad SMARTS) is 1. The lowest BCUT2D eigenvalue weighted by molar-refractivity contribution is -0.143. The number of aromatic nitrogens is 1. The summed E-state index contributed by atoms with van der Waals surface area (Å²) in [6, 6.07) is 10.5. The van der Waals surface area contributed by atoms with E-state index in [1.54, 1.807) is 36.7 Å². The first-order chi connectivity index (χ1) is 12.1. The molecular formula is C18H18N2O4S. The van der Waals surface area contributed by atoms with Crippen molar-refractivity contribution in [3.63, 3.8) is 0 Å². The summed E-state index contributed by atoms with van der Waals surface area (Å²) in [5.74, 6) is 0.250. The normalized spacial score (nSPS) is 19.4. The van der Waals surface area contributed by atoms with Crippen molar-refractivity contribution in [3.05, 3.63) is 59.9 Å². The minimum Gasteiger partial charge on any atom is -0.489 e. The second-order valence-corrected chi connectivity index (χ2v) is 6.93. The van der Waals surface area contributed by atoms with E-state index in [9.17, 15) is 14.7 Å². The number of carbonyl (C=O) groups excluding carboxylic acids is 1. The minimum absolute atomic E-state index is 0.342. The van der Waals surface area contributed by atoms with E-state index in [-0.39, 0.29) is 0 Å². The molecule has 1 aliphatic heterocycles. The van der Waals surface area contributed by atoms with Crippen LogP contribution in [0.25, 0.3) is 0 Å². The van der Waals surface area contributed by atoms with Gasteiger partial charge in [0.05, 0.1) is 0 Å². The zero-order valence-electron chi connectivity index (χ0n) is 13.5. The summed E-state index contributed by atoms with van der Waals surface area (Å²) in [6.45, 7) is 0.342. The molecule has 2 N–H and O–H groups in total. The fraction of sp³-hybridized carbons (Fsp3) is 0.278. The van der Waals surface area contributed by atoms with Crippen LogP contribution in [-0.4, -0.2) is 39.0 Å². The minimum atomic E-state index is -1.19. The first-order valence-electron chi connectivity index (χ1n) is 7.84. The Balaban J connectivity index is 1.68. The molecule has 1 amide bonds. The average Bonchev–Trinajstić information content (AvgIpc) is 3.11. The molecule has 130 valence electrons. The van der Waals surface area contributed by atoms with Gasteiger partial charge in [0, 0.05) is 29.3 Å². The van der Waals surface area contributed by atoms with Crippen molar-refractivity contribution in [2.24, 2.45) is 0 Å². The van der Waals surface area contributed by atoms with Crippen LogP contribution in [0.2, 0.25) is 0 Å². The zero-order valence-corrected chi connectivity index (χ0v) is 14.3. The van der Waals surface area contributed by atoms with Gasteiger partial charge in [-0.25, -0.2) is 4.79 Å². The van der Waals surface area contributed by atoms with Crippen LogP contribution < -0.4 is 10.1 Å². The topological polar surface area (TPSA) is 88.5 Å². The third kappa shape index (κ3) is 4.11. The van der Waals surface area contributed by atoms with Gasteiger partial charge in [-0.05, 0) is 36.4 Å². The Hall–Kier alpha value is -2.54. The Kier molecular flexibility index (Phi) is 5.23. The zero-order chi connectivity index (χ0) is 17.7. The lowest BCUT2D eigenvalue weighted by Crippen LogP contribution is -2.54. The largest absolute Gasteiger partial charge is 0.489 e. The standard InChI is InChI=1S/C18H18N2O4S/c21-16(20-18(17(22)23)6-8-25-12-18)14-4-1-5-15(9-14)24-11-13-3-2-7-19-10-13/h1-5,7,9-10H,6,8,11-12H2,(H,20,21)(H,22,23). The van der Waals surface area contributed by atoms with Crippen LogP contribution in [0.15, 0.2) is 48.8 Å². The van der Waals surface area contributed by atoms with Crippen LogP contribution in [-0.2, 0) is 11.4 Å². The lowest BCUT2D eigenvalue weighted by Gasteiger charge is -2.24. The summed E-state index contributed by atoms with van der Waals surface area (Å²) in [7, 11) is 0. The Labute approximate surface area is 149 Å². The molecule has 1 atom stereocenters. The number of pyridine rings is 1. The summed E-state index contributed by atoms with van der Waals surface area (Å²) in [6.07, 6.45) is 3.83. The molecule has 2 heterocycles. The van der Waals surface area contributed by atoms with Gasteiger partial charge in [-0.1, -0.05) is 12.1 Å². The molecule has 7 heteroatoms. The predicted octanol–water partition coefficient (Wildman–Crippen LogP) is 2.35. The van der Waals surface area contributed by atoms with E-state index in [2.05, 4.69) is 10.3 Å². The number of benzene rings is 1. The number of carboxylic acids is 1. The molecule has 1 unspecified atom stereocenters. The molecule has 1 aliphatic rings. The number of hydrogen-bond donors (Lipinski definition) is 2. The first kappa shape index (κ1) is 17.3. The van der Waals surface area contributed by atoms with E-state index in [1.165, 1.54) is 11.8 Å². The van der Waals surface area contributed by atoms with Crippen LogP contribution >= 0.6 is 11.8 Å². The molecule has 3 rings (SSSR count). The SMILES string of the molecule is O=C(NC1(C(=O)O)CCSC1)c1cccc(OCc2cccnc2)c1. The molecule has 1 saturated heterocycles. The molecule has 25 heavy (non-hydrogen) atoms. The lowest BCUT2D eigenvalue weighted by atomic mass is 9.98. The molecule has 0 bridgehead atoms. The molecular weight excluding hydrogens is 340 g/mol. The van der Waals surface area contributed by atoms with Gasteiger partial charge in [0.25, 0.3) is 5.91 Å². The monoisotopic (exact) mass is 358 g/mol. The number of ether oxygens (including phenoxy) is 1. The van der Waals surface area contributed by atoms with E-state index in [0.717, 1.165) is 11.3 Å². The van der Waals surface area contributed by atoms with E-state index < -0.39 is 17.4 Å². The highest BCUT2D eigenvalue weighted by Gasteiger charge is 2.43. The van der Waals surface area contributed by atoms with Crippen LogP contribution in [0, 0.1) is 0 Å². The highest BCUT2D eigenvalue weighted by molar-refractivity contribution is 7.99. The number of hydrogen-bond acceptors (Lipinski definition) is 5. The quantitative estimate of drug-likeness (QED) is 0.824. The van der Waals surface area contributed by atoms with Gasteiger partial charge in [-0.3, -0.25) is 9.78 Å². The summed E-state index contributed by atoms with van der Waals surface area (Å²) >= 11 is 1.53. The predicted molar refractivity (Wildman–Crippen MR) is 94.8 cm³/mol. The van der Waals surface area contributed by atoms with Crippen LogP contribution in [0.5, 0.6) is 5.75 Å². The summed E-state index contributed by atoms with van der Waals surface area (Å²) in [5.41, 5.74) is 0.111. The smallest absolute Gasteiger partial charge is 0.330 e. The molecule has 1 aromatic heterocycles. The van der Waals surface area contributed by atoms with Crippen LogP contribution in [0.3, 0.4) is 0 Å². The summed E-state index contributed by atoms with van der Waals surface area (Å²) in [5, 5.41) is 12.2. The Bertz CT molecular complexity index is 761. The van der Waals surface area contributed by atoms with Crippen LogP contribution in [0.4, 0.5) is 0 Å². The Morgan fingerprint density at radius 3 is 2.88 bits per heavy atom. The van der Waals surface area contributed by atoms with Crippen molar-refractivity contribution in [1.29, 1.82) is 0 Å². The van der Waals surface area contributed by atoms with Gasteiger partial charge in [-0.2, -0.15) is 11.8 Å². The van der Waals surface area contributed by atoms with Gasteiger partial charge in [0.2, 0.25) is 0 Å². The average molecular weight is 358 g/mol. The number of rotatable bonds is 6. The summed E-state index contributed by atoms with van der Waals surface area (Å²) in [4.78, 5) is 28.1. The molecule has 0 aliphatic carbocycles. The first-order valence-corrected chi connectivity index (χ1v) is 9.00. The molecule has 0 saturated carbocycles. The van der Waals surface area contributed by atoms with Crippen molar-refractivity contribution in [2.45, 2.75) is 18.6 Å². The van der Waals surface area contributed by atoms with Crippen molar-refractivity contribution in [3.8, 4) is 5.75 Å². The second-order valence-electron chi connectivity index (χ2n) is 5.82. The maximum absolute atomic E-state index is 12.5. The van der Waals surface area contributed by atoms with E-state index in [0.29, 0.717) is 30.1 Å². The van der Waals surface area contributed by atoms with Gasteiger partial charge >= 0.3 is 5.97 Å². The van der Waals surface area contributed by atoms with E-state index in [1.807, 2.05) is 12.1 Å². The number of nitrogens with one attached hydrogen (secondary N) is 1. The fourth-order valence-corrected chi connectivity index (χ4v) is 3.88. The third-order valence-corrected chi connectivity index (χ3v) is 5.20. The van der Waals surface area contributed by atoms with Crippen molar-refractivity contribution in [1.82, 2.24) is 10.3 Å².